The van der Waals surface area contributed by atoms with Crippen LogP contribution in [0, 0.1) is 11.6 Å². The number of amides is 2. The van der Waals surface area contributed by atoms with Crippen LogP contribution in [0.15, 0.2) is 54.4 Å². The van der Waals surface area contributed by atoms with Gasteiger partial charge in [0.1, 0.15) is 18.2 Å². The Hall–Kier alpha value is -3.09. The van der Waals surface area contributed by atoms with E-state index in [0.717, 1.165) is 17.7 Å². The zero-order valence-electron chi connectivity index (χ0n) is 13.5. The van der Waals surface area contributed by atoms with Crippen LogP contribution in [0.1, 0.15) is 11.1 Å². The van der Waals surface area contributed by atoms with Crippen molar-refractivity contribution < 1.29 is 27.5 Å². The Morgan fingerprint density at radius 3 is 2.62 bits per heavy atom. The minimum Gasteiger partial charge on any atom is -0.447 e. The zero-order chi connectivity index (χ0) is 18.7. The van der Waals surface area contributed by atoms with Crippen molar-refractivity contribution in [2.45, 2.75) is 12.5 Å². The van der Waals surface area contributed by atoms with Crippen LogP contribution >= 0.6 is 0 Å². The van der Waals surface area contributed by atoms with Gasteiger partial charge >= 0.3 is 6.09 Å². The first-order chi connectivity index (χ1) is 12.5. The molecule has 0 N–H and O–H groups in total. The summed E-state index contributed by atoms with van der Waals surface area (Å²) < 4.78 is 45.7. The second-order valence-corrected chi connectivity index (χ2v) is 5.75. The van der Waals surface area contributed by atoms with E-state index in [1.165, 1.54) is 0 Å². The number of hydrogen-bond donors (Lipinski definition) is 0. The molecule has 2 aromatic carbocycles. The lowest BCUT2D eigenvalue weighted by molar-refractivity contribution is -0.126. The molecule has 0 bridgehead atoms. The third-order valence-corrected chi connectivity index (χ3v) is 3.94. The van der Waals surface area contributed by atoms with Crippen molar-refractivity contribution in [3.63, 3.8) is 0 Å². The monoisotopic (exact) mass is 361 g/mol. The Labute approximate surface area is 147 Å². The molecule has 2 amide bonds. The molecule has 1 atom stereocenters. The maximum absolute atomic E-state index is 14.3. The molecule has 1 aliphatic rings. The lowest BCUT2D eigenvalue weighted by Crippen LogP contribution is -2.40. The number of rotatable bonds is 4. The summed E-state index contributed by atoms with van der Waals surface area (Å²) >= 11 is 0. The van der Waals surface area contributed by atoms with E-state index in [1.54, 1.807) is 12.1 Å². The van der Waals surface area contributed by atoms with Crippen LogP contribution in [-0.2, 0) is 16.0 Å². The number of benzene rings is 2. The number of hydrogen-bond acceptors (Lipinski definition) is 3. The fraction of sp³-hybridized carbons (Fsp3) is 0.158. The summed E-state index contributed by atoms with van der Waals surface area (Å²) in [7, 11) is 0. The first kappa shape index (κ1) is 17.7. The maximum atomic E-state index is 14.3. The van der Waals surface area contributed by atoms with Crippen LogP contribution in [0.25, 0.3) is 6.08 Å². The summed E-state index contributed by atoms with van der Waals surface area (Å²) in [5.41, 5.74) is 0.548. The molecule has 1 saturated heterocycles. The maximum Gasteiger partial charge on any atom is 0.417 e. The highest BCUT2D eigenvalue weighted by Crippen LogP contribution is 2.22. The smallest absolute Gasteiger partial charge is 0.417 e. The van der Waals surface area contributed by atoms with E-state index in [4.69, 9.17) is 4.74 Å². The first-order valence-electron chi connectivity index (χ1n) is 7.82. The Kier molecular flexibility index (Phi) is 5.06. The van der Waals surface area contributed by atoms with E-state index in [-0.39, 0.29) is 12.2 Å². The minimum absolute atomic E-state index is 0.0579. The van der Waals surface area contributed by atoms with Gasteiger partial charge in [-0.05, 0) is 30.2 Å². The highest BCUT2D eigenvalue weighted by atomic mass is 19.1. The van der Waals surface area contributed by atoms with Crippen LogP contribution in [0.2, 0.25) is 0 Å². The molecule has 1 aliphatic heterocycles. The summed E-state index contributed by atoms with van der Waals surface area (Å²) in [6, 6.07) is 10.9. The van der Waals surface area contributed by atoms with E-state index >= 15 is 0 Å². The lowest BCUT2D eigenvalue weighted by atomic mass is 10.1. The molecule has 0 aromatic heterocycles. The quantitative estimate of drug-likeness (QED) is 0.777. The fourth-order valence-electron chi connectivity index (χ4n) is 2.68. The Morgan fingerprint density at radius 1 is 1.19 bits per heavy atom. The van der Waals surface area contributed by atoms with Gasteiger partial charge in [-0.2, -0.15) is 0 Å². The number of imide groups is 1. The number of carbonyl (C=O) groups excluding carboxylic acids is 2. The van der Waals surface area contributed by atoms with Crippen molar-refractivity contribution in [2.24, 2.45) is 0 Å². The van der Waals surface area contributed by atoms with Crippen molar-refractivity contribution in [3.8, 4) is 0 Å². The first-order valence-corrected chi connectivity index (χ1v) is 7.82. The SMILES string of the molecule is O=C1OCC(Cc2ccccc2)N1C(=O)/C(F)=C/c1ccc(F)cc1F. The summed E-state index contributed by atoms with van der Waals surface area (Å²) in [6.07, 6.45) is -0.0298. The second kappa shape index (κ2) is 7.43. The van der Waals surface area contributed by atoms with Gasteiger partial charge in [-0.25, -0.2) is 22.9 Å². The number of carbonyl (C=O) groups is 2. The largest absolute Gasteiger partial charge is 0.447 e. The number of halogens is 3. The molecular weight excluding hydrogens is 347 g/mol. The van der Waals surface area contributed by atoms with Gasteiger partial charge in [0, 0.05) is 11.6 Å². The van der Waals surface area contributed by atoms with Crippen molar-refractivity contribution in [1.29, 1.82) is 0 Å². The van der Waals surface area contributed by atoms with Gasteiger partial charge in [0.2, 0.25) is 0 Å². The predicted molar refractivity (Wildman–Crippen MR) is 87.6 cm³/mol. The molecule has 134 valence electrons. The Bertz CT molecular complexity index is 868. The van der Waals surface area contributed by atoms with Crippen molar-refractivity contribution in [1.82, 2.24) is 4.90 Å². The molecule has 1 heterocycles. The summed E-state index contributed by atoms with van der Waals surface area (Å²) in [5, 5.41) is 0. The molecule has 2 aromatic rings. The second-order valence-electron chi connectivity index (χ2n) is 5.75. The van der Waals surface area contributed by atoms with E-state index in [0.29, 0.717) is 23.5 Å². The van der Waals surface area contributed by atoms with E-state index in [2.05, 4.69) is 0 Å². The number of ether oxygens (including phenoxy) is 1. The van der Waals surface area contributed by atoms with Gasteiger partial charge in [0.25, 0.3) is 5.91 Å². The molecule has 0 radical (unpaired) electrons. The minimum atomic E-state index is -1.34. The number of cyclic esters (lactones) is 1. The molecule has 1 unspecified atom stereocenters. The van der Waals surface area contributed by atoms with Gasteiger partial charge in [-0.3, -0.25) is 4.79 Å². The fourth-order valence-corrected chi connectivity index (χ4v) is 2.68. The molecule has 1 fully saturated rings. The zero-order valence-corrected chi connectivity index (χ0v) is 13.5. The van der Waals surface area contributed by atoms with E-state index < -0.39 is 35.5 Å². The van der Waals surface area contributed by atoms with E-state index in [1.807, 2.05) is 18.2 Å². The Balaban J connectivity index is 1.81. The normalized spacial score (nSPS) is 17.3. The highest BCUT2D eigenvalue weighted by molar-refractivity contribution is 6.04. The van der Waals surface area contributed by atoms with Gasteiger partial charge in [-0.1, -0.05) is 30.3 Å². The highest BCUT2D eigenvalue weighted by Gasteiger charge is 2.39. The average Bonchev–Trinajstić information content (AvgIpc) is 2.98. The van der Waals surface area contributed by atoms with Crippen LogP contribution in [0.3, 0.4) is 0 Å². The summed E-state index contributed by atoms with van der Waals surface area (Å²) in [6.45, 7) is -0.0579. The van der Waals surface area contributed by atoms with Crippen molar-refractivity contribution >= 4 is 18.1 Å². The van der Waals surface area contributed by atoms with Gasteiger partial charge < -0.3 is 4.74 Å². The number of nitrogens with zero attached hydrogens (tertiary/aromatic N) is 1. The van der Waals surface area contributed by atoms with Crippen molar-refractivity contribution in [3.05, 3.63) is 77.1 Å². The van der Waals surface area contributed by atoms with Crippen LogP contribution in [-0.4, -0.2) is 29.5 Å². The molecule has 7 heteroatoms. The molecule has 0 spiro atoms. The Morgan fingerprint density at radius 2 is 1.92 bits per heavy atom. The van der Waals surface area contributed by atoms with Crippen LogP contribution in [0.4, 0.5) is 18.0 Å². The molecule has 4 nitrogen and oxygen atoms in total. The van der Waals surface area contributed by atoms with Gasteiger partial charge in [0.15, 0.2) is 5.83 Å². The molecule has 0 aliphatic carbocycles. The lowest BCUT2D eigenvalue weighted by Gasteiger charge is -2.18. The molecule has 26 heavy (non-hydrogen) atoms. The van der Waals surface area contributed by atoms with Gasteiger partial charge in [0.05, 0.1) is 6.04 Å². The molecular formula is C19H14F3NO3. The third-order valence-electron chi connectivity index (χ3n) is 3.94. The average molecular weight is 361 g/mol. The topological polar surface area (TPSA) is 46.6 Å². The summed E-state index contributed by atoms with van der Waals surface area (Å²) in [4.78, 5) is 24.9. The van der Waals surface area contributed by atoms with Crippen LogP contribution < -0.4 is 0 Å². The van der Waals surface area contributed by atoms with Gasteiger partial charge in [-0.15, -0.1) is 0 Å². The van der Waals surface area contributed by atoms with E-state index in [9.17, 15) is 22.8 Å². The molecule has 3 rings (SSSR count). The molecule has 0 saturated carbocycles. The standard InChI is InChI=1S/C19H14F3NO3/c20-14-7-6-13(16(21)10-14)9-17(22)18(24)23-15(11-26-19(23)25)8-12-4-2-1-3-5-12/h1-7,9-10,15H,8,11H2/b17-9-. The summed E-state index contributed by atoms with van der Waals surface area (Å²) in [5.74, 6) is -4.40. The third kappa shape index (κ3) is 3.77. The van der Waals surface area contributed by atoms with Crippen molar-refractivity contribution in [2.75, 3.05) is 6.61 Å². The van der Waals surface area contributed by atoms with Crippen LogP contribution in [0.5, 0.6) is 0 Å². The predicted octanol–water partition coefficient (Wildman–Crippen LogP) is 3.87.